The Morgan fingerprint density at radius 1 is 1.13 bits per heavy atom. The molecule has 4 heteroatoms. The largest absolute Gasteiger partial charge is 0.463 e. The molecule has 4 nitrogen and oxygen atoms in total. The molecule has 1 saturated carbocycles. The third-order valence-electron chi connectivity index (χ3n) is 6.24. The van der Waals surface area contributed by atoms with Gasteiger partial charge in [-0.25, -0.2) is 4.79 Å². The summed E-state index contributed by atoms with van der Waals surface area (Å²) in [7, 11) is 0. The highest BCUT2D eigenvalue weighted by Gasteiger charge is 2.48. The summed E-state index contributed by atoms with van der Waals surface area (Å²) in [6, 6.07) is 7.51. The van der Waals surface area contributed by atoms with Crippen LogP contribution in [0, 0.1) is 17.8 Å². The summed E-state index contributed by atoms with van der Waals surface area (Å²) in [6.45, 7) is 9.74. The molecule has 166 valence electrons. The summed E-state index contributed by atoms with van der Waals surface area (Å²) in [4.78, 5) is 15.6. The minimum absolute atomic E-state index is 0.126. The molecule has 0 aliphatic heterocycles. The number of carbonyl (C=O) groups excluding carboxylic acids is 1. The molecule has 0 bridgehead atoms. The van der Waals surface area contributed by atoms with E-state index in [2.05, 4.69) is 30.6 Å². The first-order valence-corrected chi connectivity index (χ1v) is 11.8. The molecule has 0 amide bonds. The van der Waals surface area contributed by atoms with Crippen molar-refractivity contribution in [3.05, 3.63) is 35.4 Å². The SMILES string of the molecule is CCC#Cc1ccccc1C(O)(C(=O)OCCCCN(CC)CC)C1CCCCC1. The molecule has 2 rings (SSSR count). The third kappa shape index (κ3) is 6.33. The van der Waals surface area contributed by atoms with Gasteiger partial charge in [0.25, 0.3) is 0 Å². The highest BCUT2D eigenvalue weighted by Crippen LogP contribution is 2.41. The number of benzene rings is 1. The third-order valence-corrected chi connectivity index (χ3v) is 6.24. The van der Waals surface area contributed by atoms with Crippen molar-refractivity contribution >= 4 is 5.97 Å². The Hall–Kier alpha value is -1.83. The normalized spacial score (nSPS) is 16.6. The summed E-state index contributed by atoms with van der Waals surface area (Å²) in [6.07, 6.45) is 7.42. The molecule has 0 spiro atoms. The summed E-state index contributed by atoms with van der Waals surface area (Å²) in [5, 5.41) is 11.8. The van der Waals surface area contributed by atoms with Gasteiger partial charge in [-0.05, 0) is 51.4 Å². The highest BCUT2D eigenvalue weighted by atomic mass is 16.5. The van der Waals surface area contributed by atoms with E-state index in [9.17, 15) is 9.90 Å². The Labute approximate surface area is 183 Å². The average Bonchev–Trinajstić information content (AvgIpc) is 2.80. The van der Waals surface area contributed by atoms with Crippen molar-refractivity contribution in [2.75, 3.05) is 26.2 Å². The molecule has 1 aliphatic rings. The van der Waals surface area contributed by atoms with Gasteiger partial charge < -0.3 is 14.7 Å². The van der Waals surface area contributed by atoms with Gasteiger partial charge in [-0.2, -0.15) is 0 Å². The molecule has 0 aromatic heterocycles. The Bertz CT molecular complexity index is 710. The lowest BCUT2D eigenvalue weighted by Crippen LogP contribution is -2.45. The number of carbonyl (C=O) groups is 1. The lowest BCUT2D eigenvalue weighted by molar-refractivity contribution is -0.175. The molecular formula is C26H39NO3. The molecular weight excluding hydrogens is 374 g/mol. The zero-order valence-corrected chi connectivity index (χ0v) is 19.1. The molecule has 1 N–H and O–H groups in total. The summed E-state index contributed by atoms with van der Waals surface area (Å²) in [5.74, 6) is 5.59. The van der Waals surface area contributed by atoms with Crippen LogP contribution >= 0.6 is 0 Å². The molecule has 0 radical (unpaired) electrons. The van der Waals surface area contributed by atoms with Crippen LogP contribution in [-0.2, 0) is 15.1 Å². The smallest absolute Gasteiger partial charge is 0.343 e. The van der Waals surface area contributed by atoms with Crippen LogP contribution in [0.2, 0.25) is 0 Å². The molecule has 1 fully saturated rings. The van der Waals surface area contributed by atoms with Gasteiger partial charge in [0.05, 0.1) is 6.61 Å². The Morgan fingerprint density at radius 3 is 2.50 bits per heavy atom. The zero-order valence-electron chi connectivity index (χ0n) is 19.1. The monoisotopic (exact) mass is 413 g/mol. The molecule has 1 aliphatic carbocycles. The van der Waals surface area contributed by atoms with E-state index >= 15 is 0 Å². The molecule has 0 heterocycles. The number of unbranched alkanes of at least 4 members (excludes halogenated alkanes) is 1. The topological polar surface area (TPSA) is 49.8 Å². The number of rotatable bonds is 10. The first-order valence-electron chi connectivity index (χ1n) is 11.8. The maximum atomic E-state index is 13.3. The fourth-order valence-electron chi connectivity index (χ4n) is 4.38. The lowest BCUT2D eigenvalue weighted by Gasteiger charge is -2.37. The maximum Gasteiger partial charge on any atom is 0.343 e. The molecule has 1 unspecified atom stereocenters. The minimum Gasteiger partial charge on any atom is -0.463 e. The second kappa shape index (κ2) is 12.8. The van der Waals surface area contributed by atoms with E-state index < -0.39 is 11.6 Å². The Balaban J connectivity index is 2.16. The van der Waals surface area contributed by atoms with Gasteiger partial charge in [-0.3, -0.25) is 0 Å². The number of esters is 1. The number of hydrogen-bond donors (Lipinski definition) is 1. The van der Waals surface area contributed by atoms with Gasteiger partial charge in [-0.15, -0.1) is 0 Å². The van der Waals surface area contributed by atoms with Crippen molar-refractivity contribution < 1.29 is 14.6 Å². The van der Waals surface area contributed by atoms with Crippen LogP contribution in [0.5, 0.6) is 0 Å². The van der Waals surface area contributed by atoms with Crippen LogP contribution in [0.3, 0.4) is 0 Å². The van der Waals surface area contributed by atoms with E-state index in [4.69, 9.17) is 4.74 Å². The molecule has 30 heavy (non-hydrogen) atoms. The van der Waals surface area contributed by atoms with Gasteiger partial charge in [0.1, 0.15) is 0 Å². The van der Waals surface area contributed by atoms with Crippen LogP contribution in [0.1, 0.15) is 83.3 Å². The first-order chi connectivity index (χ1) is 14.6. The van der Waals surface area contributed by atoms with Crippen LogP contribution in [0.15, 0.2) is 24.3 Å². The maximum absolute atomic E-state index is 13.3. The van der Waals surface area contributed by atoms with E-state index in [1.54, 1.807) is 0 Å². The van der Waals surface area contributed by atoms with Crippen molar-refractivity contribution in [2.45, 2.75) is 77.7 Å². The van der Waals surface area contributed by atoms with E-state index in [-0.39, 0.29) is 5.92 Å². The fraction of sp³-hybridized carbons (Fsp3) is 0.654. The van der Waals surface area contributed by atoms with Gasteiger partial charge in [0, 0.05) is 23.5 Å². The van der Waals surface area contributed by atoms with Crippen molar-refractivity contribution in [1.29, 1.82) is 0 Å². The summed E-state index contributed by atoms with van der Waals surface area (Å²) < 4.78 is 5.67. The first kappa shape index (κ1) is 24.4. The van der Waals surface area contributed by atoms with Gasteiger partial charge >= 0.3 is 5.97 Å². The number of ether oxygens (including phenoxy) is 1. The van der Waals surface area contributed by atoms with Gasteiger partial charge in [0.2, 0.25) is 0 Å². The molecule has 0 saturated heterocycles. The van der Waals surface area contributed by atoms with Crippen LogP contribution in [0.25, 0.3) is 0 Å². The van der Waals surface area contributed by atoms with Gasteiger partial charge in [0.15, 0.2) is 5.60 Å². The van der Waals surface area contributed by atoms with Crippen molar-refractivity contribution in [3.63, 3.8) is 0 Å². The van der Waals surface area contributed by atoms with E-state index in [0.717, 1.165) is 76.6 Å². The van der Waals surface area contributed by atoms with E-state index in [1.165, 1.54) is 0 Å². The number of aliphatic hydroxyl groups is 1. The predicted molar refractivity (Wildman–Crippen MR) is 122 cm³/mol. The number of hydrogen-bond acceptors (Lipinski definition) is 4. The van der Waals surface area contributed by atoms with Crippen LogP contribution in [0.4, 0.5) is 0 Å². The lowest BCUT2D eigenvalue weighted by atomic mass is 9.72. The zero-order chi connectivity index (χ0) is 21.8. The second-order valence-corrected chi connectivity index (χ2v) is 8.17. The van der Waals surface area contributed by atoms with Crippen LogP contribution < -0.4 is 0 Å². The Kier molecular flexibility index (Phi) is 10.4. The molecule has 1 aromatic carbocycles. The standard InChI is InChI=1S/C26H39NO3/c1-4-7-15-22-16-11-12-19-24(22)26(29,23-17-9-8-10-18-23)25(28)30-21-14-13-20-27(5-2)6-3/h11-12,16,19,23,29H,4-6,8-10,13-14,17-18,20-21H2,1-3H3. The van der Waals surface area contributed by atoms with Crippen LogP contribution in [-0.4, -0.2) is 42.2 Å². The number of nitrogens with zero attached hydrogens (tertiary/aromatic N) is 1. The summed E-state index contributed by atoms with van der Waals surface area (Å²) in [5.41, 5.74) is -0.296. The van der Waals surface area contributed by atoms with E-state index in [1.807, 2.05) is 31.2 Å². The molecule has 1 atom stereocenters. The van der Waals surface area contributed by atoms with Crippen molar-refractivity contribution in [3.8, 4) is 11.8 Å². The summed E-state index contributed by atoms with van der Waals surface area (Å²) >= 11 is 0. The van der Waals surface area contributed by atoms with Crippen molar-refractivity contribution in [1.82, 2.24) is 4.90 Å². The average molecular weight is 414 g/mol. The minimum atomic E-state index is -1.63. The predicted octanol–water partition coefficient (Wildman–Crippen LogP) is 4.88. The quantitative estimate of drug-likeness (QED) is 0.337. The molecule has 1 aromatic rings. The van der Waals surface area contributed by atoms with Crippen molar-refractivity contribution in [2.24, 2.45) is 5.92 Å². The van der Waals surface area contributed by atoms with Gasteiger partial charge in [-0.1, -0.05) is 70.1 Å². The second-order valence-electron chi connectivity index (χ2n) is 8.17. The Morgan fingerprint density at radius 2 is 1.83 bits per heavy atom. The van der Waals surface area contributed by atoms with E-state index in [0.29, 0.717) is 12.2 Å². The highest BCUT2D eigenvalue weighted by molar-refractivity contribution is 5.82. The fourth-order valence-corrected chi connectivity index (χ4v) is 4.38.